The van der Waals surface area contributed by atoms with Gasteiger partial charge in [-0.1, -0.05) is 64.0 Å². The Morgan fingerprint density at radius 2 is 1.28 bits per heavy atom. The summed E-state index contributed by atoms with van der Waals surface area (Å²) in [6, 6.07) is 0. The average molecular weight is 252 g/mol. The molecule has 0 aliphatic rings. The number of carbonyl (C=O) groups is 1. The third-order valence-corrected chi connectivity index (χ3v) is 3.29. The molecule has 0 bridgehead atoms. The molecule has 0 N–H and O–H groups in total. The van der Waals surface area contributed by atoms with Gasteiger partial charge in [0.05, 0.1) is 0 Å². The minimum atomic E-state index is 0.312. The van der Waals surface area contributed by atoms with E-state index in [9.17, 15) is 4.79 Å². The molecule has 0 saturated carbocycles. The topological polar surface area (TPSA) is 17.1 Å². The summed E-state index contributed by atoms with van der Waals surface area (Å²) in [5.74, 6) is 0.312. The van der Waals surface area contributed by atoms with E-state index >= 15 is 0 Å². The lowest BCUT2D eigenvalue weighted by Crippen LogP contribution is -1.87. The van der Waals surface area contributed by atoms with Gasteiger partial charge in [0.25, 0.3) is 0 Å². The van der Waals surface area contributed by atoms with E-state index in [-0.39, 0.29) is 0 Å². The number of ketones is 1. The molecule has 0 aromatic heterocycles. The van der Waals surface area contributed by atoms with E-state index in [1.54, 1.807) is 6.92 Å². The number of hydrogen-bond donors (Lipinski definition) is 0. The highest BCUT2D eigenvalue weighted by Crippen LogP contribution is 2.10. The Morgan fingerprint density at radius 1 is 0.778 bits per heavy atom. The van der Waals surface area contributed by atoms with Gasteiger partial charge in [-0.15, -0.1) is 0 Å². The monoisotopic (exact) mass is 252 g/mol. The Morgan fingerprint density at radius 3 is 1.83 bits per heavy atom. The first kappa shape index (κ1) is 17.4. The Labute approximate surface area is 114 Å². The highest BCUT2D eigenvalue weighted by atomic mass is 16.1. The van der Waals surface area contributed by atoms with Crippen LogP contribution in [0.2, 0.25) is 0 Å². The highest BCUT2D eigenvalue weighted by molar-refractivity contribution is 5.75. The lowest BCUT2D eigenvalue weighted by Gasteiger charge is -1.99. The van der Waals surface area contributed by atoms with E-state index in [0.29, 0.717) is 5.78 Å². The molecule has 106 valence electrons. The molecular weight excluding hydrogens is 220 g/mol. The van der Waals surface area contributed by atoms with Crippen molar-refractivity contribution in [2.75, 3.05) is 0 Å². The molecule has 0 spiro atoms. The average Bonchev–Trinajstić information content (AvgIpc) is 2.34. The summed E-state index contributed by atoms with van der Waals surface area (Å²) >= 11 is 0. The first-order valence-electron chi connectivity index (χ1n) is 7.91. The third-order valence-electron chi connectivity index (χ3n) is 3.29. The summed E-state index contributed by atoms with van der Waals surface area (Å²) in [7, 11) is 0. The number of carbonyl (C=O) groups excluding carboxylic acids is 1. The van der Waals surface area contributed by atoms with Crippen LogP contribution in [-0.4, -0.2) is 5.78 Å². The number of unbranched alkanes of at least 4 members (excludes halogenated alkanes) is 9. The van der Waals surface area contributed by atoms with Crippen molar-refractivity contribution in [2.24, 2.45) is 0 Å². The second-order valence-corrected chi connectivity index (χ2v) is 5.33. The first-order valence-corrected chi connectivity index (χ1v) is 7.91. The molecule has 0 aliphatic heterocycles. The molecule has 1 heteroatoms. The van der Waals surface area contributed by atoms with E-state index in [0.717, 1.165) is 19.3 Å². The third kappa shape index (κ3) is 15.4. The number of rotatable bonds is 13. The standard InChI is InChI=1S/C17H32O/c1-3-4-5-6-7-8-9-10-11-12-13-14-15-16-17(2)18/h12-13H,3-11,14-16H2,1-2H3/b13-12-. The van der Waals surface area contributed by atoms with Crippen LogP contribution in [0.4, 0.5) is 0 Å². The molecule has 1 nitrogen and oxygen atoms in total. The molecule has 0 amide bonds. The quantitative estimate of drug-likeness (QED) is 0.297. The Kier molecular flexibility index (Phi) is 14.0. The molecule has 0 aromatic carbocycles. The predicted octanol–water partition coefficient (Wildman–Crippen LogP) is 5.83. The summed E-state index contributed by atoms with van der Waals surface area (Å²) in [5.41, 5.74) is 0. The van der Waals surface area contributed by atoms with Crippen LogP contribution in [0.3, 0.4) is 0 Å². The van der Waals surface area contributed by atoms with Crippen molar-refractivity contribution in [3.05, 3.63) is 12.2 Å². The van der Waals surface area contributed by atoms with E-state index in [2.05, 4.69) is 19.1 Å². The molecule has 0 saturated heterocycles. The molecule has 0 atom stereocenters. The van der Waals surface area contributed by atoms with E-state index < -0.39 is 0 Å². The van der Waals surface area contributed by atoms with Crippen molar-refractivity contribution in [2.45, 2.75) is 90.9 Å². The fourth-order valence-corrected chi connectivity index (χ4v) is 2.10. The maximum atomic E-state index is 10.7. The fraction of sp³-hybridized carbons (Fsp3) is 0.824. The number of allylic oxidation sites excluding steroid dienone is 2. The van der Waals surface area contributed by atoms with Gasteiger partial charge in [-0.3, -0.25) is 0 Å². The summed E-state index contributed by atoms with van der Waals surface area (Å²) in [6.45, 7) is 3.94. The number of hydrogen-bond acceptors (Lipinski definition) is 1. The molecule has 0 radical (unpaired) electrons. The van der Waals surface area contributed by atoms with Crippen molar-refractivity contribution in [3.63, 3.8) is 0 Å². The zero-order valence-electron chi connectivity index (χ0n) is 12.5. The summed E-state index contributed by atoms with van der Waals surface area (Å²) in [4.78, 5) is 10.7. The van der Waals surface area contributed by atoms with Gasteiger partial charge in [0, 0.05) is 6.42 Å². The smallest absolute Gasteiger partial charge is 0.129 e. The van der Waals surface area contributed by atoms with Crippen LogP contribution >= 0.6 is 0 Å². The minimum absolute atomic E-state index is 0.312. The molecule has 0 aromatic rings. The predicted molar refractivity (Wildman–Crippen MR) is 80.9 cm³/mol. The Hall–Kier alpha value is -0.590. The van der Waals surface area contributed by atoms with Crippen LogP contribution in [0.25, 0.3) is 0 Å². The molecule has 0 aliphatic carbocycles. The van der Waals surface area contributed by atoms with Crippen molar-refractivity contribution >= 4 is 5.78 Å². The first-order chi connectivity index (χ1) is 8.77. The molecule has 0 rings (SSSR count). The molecule has 0 unspecified atom stereocenters. The van der Waals surface area contributed by atoms with Gasteiger partial charge in [0.2, 0.25) is 0 Å². The number of Topliss-reactive ketones (excluding diaryl/α,β-unsaturated/α-hetero) is 1. The van der Waals surface area contributed by atoms with Gasteiger partial charge >= 0.3 is 0 Å². The maximum Gasteiger partial charge on any atom is 0.129 e. The summed E-state index contributed by atoms with van der Waals surface area (Å²) < 4.78 is 0. The van der Waals surface area contributed by atoms with Crippen LogP contribution in [0.5, 0.6) is 0 Å². The van der Waals surface area contributed by atoms with Gasteiger partial charge in [0.1, 0.15) is 5.78 Å². The van der Waals surface area contributed by atoms with Crippen molar-refractivity contribution < 1.29 is 4.79 Å². The molecular formula is C17H32O. The Bertz CT molecular complexity index is 206. The molecule has 0 fully saturated rings. The zero-order chi connectivity index (χ0) is 13.5. The fourth-order valence-electron chi connectivity index (χ4n) is 2.10. The SMILES string of the molecule is CCCCCCCCCC/C=C\CCCC(C)=O. The van der Waals surface area contributed by atoms with Crippen molar-refractivity contribution in [1.29, 1.82) is 0 Å². The highest BCUT2D eigenvalue weighted by Gasteiger charge is 1.91. The summed E-state index contributed by atoms with van der Waals surface area (Å²) in [6.07, 6.45) is 19.7. The second-order valence-electron chi connectivity index (χ2n) is 5.33. The normalized spacial score (nSPS) is 11.2. The van der Waals surface area contributed by atoms with Gasteiger partial charge < -0.3 is 4.79 Å². The van der Waals surface area contributed by atoms with E-state index in [1.807, 2.05) is 0 Å². The Balaban J connectivity index is 3.06. The molecule has 18 heavy (non-hydrogen) atoms. The van der Waals surface area contributed by atoms with Gasteiger partial charge in [-0.2, -0.15) is 0 Å². The van der Waals surface area contributed by atoms with Crippen molar-refractivity contribution in [1.82, 2.24) is 0 Å². The summed E-state index contributed by atoms with van der Waals surface area (Å²) in [5, 5.41) is 0. The lowest BCUT2D eigenvalue weighted by atomic mass is 10.1. The van der Waals surface area contributed by atoms with E-state index in [4.69, 9.17) is 0 Å². The van der Waals surface area contributed by atoms with Gasteiger partial charge in [0.15, 0.2) is 0 Å². The van der Waals surface area contributed by atoms with Crippen LogP contribution in [0.15, 0.2) is 12.2 Å². The van der Waals surface area contributed by atoms with Crippen LogP contribution in [0, 0.1) is 0 Å². The second kappa shape index (κ2) is 14.5. The van der Waals surface area contributed by atoms with Crippen molar-refractivity contribution in [3.8, 4) is 0 Å². The largest absolute Gasteiger partial charge is 0.300 e. The maximum absolute atomic E-state index is 10.7. The zero-order valence-corrected chi connectivity index (χ0v) is 12.5. The van der Waals surface area contributed by atoms with Crippen LogP contribution in [0.1, 0.15) is 90.9 Å². The lowest BCUT2D eigenvalue weighted by molar-refractivity contribution is -0.117. The minimum Gasteiger partial charge on any atom is -0.300 e. The van der Waals surface area contributed by atoms with Crippen LogP contribution < -0.4 is 0 Å². The van der Waals surface area contributed by atoms with E-state index in [1.165, 1.54) is 57.8 Å². The van der Waals surface area contributed by atoms with Gasteiger partial charge in [-0.25, -0.2) is 0 Å². The van der Waals surface area contributed by atoms with Crippen LogP contribution in [-0.2, 0) is 4.79 Å². The van der Waals surface area contributed by atoms with Gasteiger partial charge in [-0.05, 0) is 32.6 Å². The molecule has 0 heterocycles.